The van der Waals surface area contributed by atoms with E-state index in [1.165, 1.54) is 12.8 Å². The summed E-state index contributed by atoms with van der Waals surface area (Å²) in [5.74, 6) is 1.08. The largest absolute Gasteiger partial charge is 0.388 e. The van der Waals surface area contributed by atoms with E-state index in [1.54, 1.807) is 14.2 Å². The molecule has 1 aliphatic carbocycles. The first-order chi connectivity index (χ1) is 3.31. The van der Waals surface area contributed by atoms with Crippen LogP contribution in [0.2, 0.25) is 0 Å². The highest BCUT2D eigenvalue weighted by Gasteiger charge is 2.12. The van der Waals surface area contributed by atoms with Crippen molar-refractivity contribution in [2.45, 2.75) is 19.8 Å². The lowest BCUT2D eigenvalue weighted by Gasteiger charge is -1.61. The van der Waals surface area contributed by atoms with E-state index in [4.69, 9.17) is 0 Å². The molecule has 1 heteroatoms. The molecule has 0 radical (unpaired) electrons. The summed E-state index contributed by atoms with van der Waals surface area (Å²) in [4.78, 5) is 0. The third-order valence-corrected chi connectivity index (χ3v) is 0.866. The van der Waals surface area contributed by atoms with Gasteiger partial charge in [0.2, 0.25) is 0 Å². The fourth-order valence-electron chi connectivity index (χ4n) is 0.167. The lowest BCUT2D eigenvalue weighted by molar-refractivity contribution is 0.277. The maximum absolute atomic E-state index is 4.25. The Labute approximate surface area is 45.7 Å². The minimum absolute atomic E-state index is 1.08. The van der Waals surface area contributed by atoms with Crippen molar-refractivity contribution in [3.8, 4) is 0 Å². The second-order valence-corrected chi connectivity index (χ2v) is 2.09. The van der Waals surface area contributed by atoms with Crippen molar-refractivity contribution in [1.82, 2.24) is 0 Å². The summed E-state index contributed by atoms with van der Waals surface area (Å²) in [6, 6.07) is 0. The number of hydrogen-bond donors (Lipinski definition) is 0. The van der Waals surface area contributed by atoms with Crippen molar-refractivity contribution in [2.24, 2.45) is 5.92 Å². The Kier molecular flexibility index (Phi) is 4.10. The lowest BCUT2D eigenvalue weighted by atomic mass is 10.5. The van der Waals surface area contributed by atoms with Crippen LogP contribution in [0.4, 0.5) is 0 Å². The van der Waals surface area contributed by atoms with Crippen LogP contribution in [0.1, 0.15) is 19.8 Å². The first-order valence-electron chi connectivity index (χ1n) is 2.71. The second kappa shape index (κ2) is 4.13. The van der Waals surface area contributed by atoms with Crippen LogP contribution in [0.25, 0.3) is 0 Å². The molecule has 1 saturated carbocycles. The Morgan fingerprint density at radius 2 is 1.43 bits per heavy atom. The molecule has 0 N–H and O–H groups in total. The molecule has 1 rings (SSSR count). The van der Waals surface area contributed by atoms with Crippen molar-refractivity contribution in [1.29, 1.82) is 0 Å². The molecular formula is C6H14O. The van der Waals surface area contributed by atoms with Gasteiger partial charge in [-0.2, -0.15) is 0 Å². The van der Waals surface area contributed by atoms with Crippen molar-refractivity contribution in [3.05, 3.63) is 0 Å². The Balaban J connectivity index is 0.000000110. The maximum atomic E-state index is 4.25. The van der Waals surface area contributed by atoms with Crippen LogP contribution in [-0.2, 0) is 4.74 Å². The standard InChI is InChI=1S/C4H8.C2H6O/c1-4-2-3-4;1-3-2/h4H,2-3H2,1H3;1-2H3. The number of rotatable bonds is 0. The van der Waals surface area contributed by atoms with Crippen molar-refractivity contribution >= 4 is 0 Å². The van der Waals surface area contributed by atoms with Crippen molar-refractivity contribution in [3.63, 3.8) is 0 Å². The predicted octanol–water partition coefficient (Wildman–Crippen LogP) is 1.68. The van der Waals surface area contributed by atoms with Crippen LogP contribution in [-0.4, -0.2) is 14.2 Å². The minimum atomic E-state index is 1.08. The van der Waals surface area contributed by atoms with Gasteiger partial charge in [-0.3, -0.25) is 0 Å². The van der Waals surface area contributed by atoms with Crippen LogP contribution >= 0.6 is 0 Å². The molecular weight excluding hydrogens is 88.1 g/mol. The molecule has 0 aromatic rings. The molecule has 0 aliphatic heterocycles. The number of ether oxygens (including phenoxy) is 1. The second-order valence-electron chi connectivity index (χ2n) is 2.09. The molecule has 7 heavy (non-hydrogen) atoms. The van der Waals surface area contributed by atoms with Gasteiger partial charge >= 0.3 is 0 Å². The van der Waals surface area contributed by atoms with Gasteiger partial charge in [0.05, 0.1) is 0 Å². The fraction of sp³-hybridized carbons (Fsp3) is 1.00. The molecule has 0 unspecified atom stereocenters. The van der Waals surface area contributed by atoms with E-state index in [-0.39, 0.29) is 0 Å². The van der Waals surface area contributed by atoms with Gasteiger partial charge in [-0.05, 0) is 5.92 Å². The summed E-state index contributed by atoms with van der Waals surface area (Å²) in [5.41, 5.74) is 0. The van der Waals surface area contributed by atoms with Gasteiger partial charge in [0.1, 0.15) is 0 Å². The van der Waals surface area contributed by atoms with Gasteiger partial charge in [-0.15, -0.1) is 0 Å². The van der Waals surface area contributed by atoms with Crippen LogP contribution in [0.15, 0.2) is 0 Å². The zero-order valence-corrected chi connectivity index (χ0v) is 5.40. The van der Waals surface area contributed by atoms with Crippen LogP contribution in [0, 0.1) is 5.92 Å². The average molecular weight is 102 g/mol. The molecule has 1 aliphatic rings. The van der Waals surface area contributed by atoms with Gasteiger partial charge in [0.15, 0.2) is 0 Å². The molecule has 0 atom stereocenters. The summed E-state index contributed by atoms with van der Waals surface area (Å²) >= 11 is 0. The summed E-state index contributed by atoms with van der Waals surface area (Å²) in [5, 5.41) is 0. The van der Waals surface area contributed by atoms with E-state index in [9.17, 15) is 0 Å². The van der Waals surface area contributed by atoms with Gasteiger partial charge in [-0.1, -0.05) is 19.8 Å². The van der Waals surface area contributed by atoms with Crippen molar-refractivity contribution in [2.75, 3.05) is 14.2 Å². The van der Waals surface area contributed by atoms with E-state index in [0.717, 1.165) is 5.92 Å². The molecule has 44 valence electrons. The highest BCUT2D eigenvalue weighted by atomic mass is 16.4. The normalized spacial score (nSPS) is 17.6. The summed E-state index contributed by atoms with van der Waals surface area (Å²) in [6.07, 6.45) is 2.97. The Bertz CT molecular complexity index is 31.2. The Morgan fingerprint density at radius 1 is 1.29 bits per heavy atom. The number of methoxy groups -OCH3 is 1. The molecule has 0 saturated heterocycles. The van der Waals surface area contributed by atoms with Gasteiger partial charge in [0.25, 0.3) is 0 Å². The van der Waals surface area contributed by atoms with E-state index in [1.807, 2.05) is 0 Å². The Hall–Kier alpha value is -0.0400. The minimum Gasteiger partial charge on any atom is -0.388 e. The molecule has 0 aromatic heterocycles. The van der Waals surface area contributed by atoms with E-state index in [0.29, 0.717) is 0 Å². The highest BCUT2D eigenvalue weighted by molar-refractivity contribution is 4.65. The topological polar surface area (TPSA) is 9.23 Å². The third kappa shape index (κ3) is 10.7. The SMILES string of the molecule is CC1CC1.COC. The van der Waals surface area contributed by atoms with E-state index < -0.39 is 0 Å². The lowest BCUT2D eigenvalue weighted by Crippen LogP contribution is -1.55. The fourth-order valence-corrected chi connectivity index (χ4v) is 0.167. The predicted molar refractivity (Wildman–Crippen MR) is 31.3 cm³/mol. The smallest absolute Gasteiger partial charge is 0.0351 e. The maximum Gasteiger partial charge on any atom is 0.0351 e. The first kappa shape index (κ1) is 6.96. The highest BCUT2D eigenvalue weighted by Crippen LogP contribution is 2.26. The van der Waals surface area contributed by atoms with Gasteiger partial charge in [-0.25, -0.2) is 0 Å². The summed E-state index contributed by atoms with van der Waals surface area (Å²) < 4.78 is 4.25. The molecule has 0 heterocycles. The summed E-state index contributed by atoms with van der Waals surface area (Å²) in [6.45, 7) is 2.28. The quantitative estimate of drug-likeness (QED) is 0.452. The Morgan fingerprint density at radius 3 is 1.43 bits per heavy atom. The first-order valence-corrected chi connectivity index (χ1v) is 2.71. The van der Waals surface area contributed by atoms with Crippen molar-refractivity contribution < 1.29 is 4.74 Å². The summed E-state index contributed by atoms with van der Waals surface area (Å²) in [7, 11) is 3.25. The molecule has 0 spiro atoms. The molecule has 1 nitrogen and oxygen atoms in total. The monoisotopic (exact) mass is 102 g/mol. The van der Waals surface area contributed by atoms with Gasteiger partial charge < -0.3 is 4.74 Å². The number of hydrogen-bond acceptors (Lipinski definition) is 1. The molecule has 0 amide bonds. The molecule has 1 fully saturated rings. The third-order valence-electron chi connectivity index (χ3n) is 0.866. The molecule has 0 aromatic carbocycles. The van der Waals surface area contributed by atoms with Crippen LogP contribution in [0.5, 0.6) is 0 Å². The van der Waals surface area contributed by atoms with E-state index in [2.05, 4.69) is 11.7 Å². The average Bonchev–Trinajstić information content (AvgIpc) is 2.25. The zero-order valence-electron chi connectivity index (χ0n) is 5.40. The van der Waals surface area contributed by atoms with Gasteiger partial charge in [0, 0.05) is 14.2 Å². The molecule has 0 bridgehead atoms. The van der Waals surface area contributed by atoms with E-state index >= 15 is 0 Å². The van der Waals surface area contributed by atoms with Crippen LogP contribution in [0.3, 0.4) is 0 Å². The van der Waals surface area contributed by atoms with Crippen LogP contribution < -0.4 is 0 Å². The zero-order chi connectivity index (χ0) is 5.70.